The molecule has 4 rings (SSSR count). The minimum Gasteiger partial charge on any atom is -0.507 e. The highest BCUT2D eigenvalue weighted by Crippen LogP contribution is 2.46. The smallest absolute Gasteiger partial charge is 0.288 e. The van der Waals surface area contributed by atoms with Crippen LogP contribution < -0.4 is 32.3 Å². The number of aromatic hydroxyl groups is 1. The van der Waals surface area contributed by atoms with E-state index < -0.39 is 83.4 Å². The molecule has 2 aromatic carbocycles. The summed E-state index contributed by atoms with van der Waals surface area (Å²) in [5.41, 5.74) is 2.95. The van der Waals surface area contributed by atoms with Gasteiger partial charge in [0.05, 0.1) is 12.1 Å². The van der Waals surface area contributed by atoms with Crippen molar-refractivity contribution in [2.24, 2.45) is 11.7 Å². The first-order chi connectivity index (χ1) is 23.1. The first-order valence-electron chi connectivity index (χ1n) is 15.5. The molecule has 2 aromatic rings. The normalized spacial score (nSPS) is 24.3. The SMILES string of the molecule is C/C=C\NC(=O)[C@H]1NC(=O)[C@H](CC(N)=O)NC(=O)[C@@H](NC(=O)C(=O)[C@H](C)CC)Cc2ccc(O)c(c2)-c2cccc3c2NC(=O)[C@@]3(O)[C@H]1O. The van der Waals surface area contributed by atoms with E-state index in [0.717, 1.165) is 6.20 Å². The number of anilines is 1. The molecular formula is C33H38N6O10. The number of amides is 6. The van der Waals surface area contributed by atoms with Crippen molar-refractivity contribution in [1.82, 2.24) is 21.3 Å². The van der Waals surface area contributed by atoms with Crippen LogP contribution >= 0.6 is 0 Å². The van der Waals surface area contributed by atoms with E-state index in [9.17, 15) is 48.9 Å². The molecule has 260 valence electrons. The Morgan fingerprint density at radius 3 is 2.45 bits per heavy atom. The number of carbonyl (C=O) groups is 7. The molecule has 10 N–H and O–H groups in total. The lowest BCUT2D eigenvalue weighted by Crippen LogP contribution is -2.64. The van der Waals surface area contributed by atoms with Gasteiger partial charge >= 0.3 is 0 Å². The number of Topliss-reactive ketones (excluding diaryl/α,β-unsaturated/α-hetero) is 1. The van der Waals surface area contributed by atoms with Gasteiger partial charge in [0.2, 0.25) is 29.4 Å². The number of nitrogens with two attached hydrogens (primary N) is 1. The van der Waals surface area contributed by atoms with Gasteiger partial charge in [0.1, 0.15) is 30.0 Å². The molecule has 6 bridgehead atoms. The Labute approximate surface area is 280 Å². The number of hydrogen-bond acceptors (Lipinski definition) is 10. The van der Waals surface area contributed by atoms with Gasteiger partial charge in [0, 0.05) is 29.0 Å². The van der Waals surface area contributed by atoms with Gasteiger partial charge < -0.3 is 47.6 Å². The summed E-state index contributed by atoms with van der Waals surface area (Å²) in [6.07, 6.45) is -0.553. The summed E-state index contributed by atoms with van der Waals surface area (Å²) in [7, 11) is 0. The second-order valence-corrected chi connectivity index (χ2v) is 11.9. The molecule has 0 radical (unpaired) electrons. The van der Waals surface area contributed by atoms with E-state index in [1.165, 1.54) is 49.4 Å². The first kappa shape index (κ1) is 36.2. The number of phenols is 1. The zero-order chi connectivity index (χ0) is 36.2. The molecule has 0 aliphatic carbocycles. The van der Waals surface area contributed by atoms with Crippen LogP contribution in [0, 0.1) is 5.92 Å². The third kappa shape index (κ3) is 7.29. The van der Waals surface area contributed by atoms with E-state index >= 15 is 0 Å². The van der Waals surface area contributed by atoms with Crippen molar-refractivity contribution >= 4 is 46.9 Å². The van der Waals surface area contributed by atoms with Crippen LogP contribution in [0.3, 0.4) is 0 Å². The molecule has 49 heavy (non-hydrogen) atoms. The molecule has 6 atom stereocenters. The molecule has 2 heterocycles. The summed E-state index contributed by atoms with van der Waals surface area (Å²) in [4.78, 5) is 91.8. The number of allylic oxidation sites excluding steroid dienone is 1. The van der Waals surface area contributed by atoms with Gasteiger partial charge in [0.25, 0.3) is 11.8 Å². The molecule has 2 aliphatic heterocycles. The molecule has 2 aliphatic rings. The van der Waals surface area contributed by atoms with E-state index in [2.05, 4.69) is 26.6 Å². The monoisotopic (exact) mass is 678 g/mol. The quantitative estimate of drug-likeness (QED) is 0.149. The Kier molecular flexibility index (Phi) is 10.8. The van der Waals surface area contributed by atoms with Crippen molar-refractivity contribution in [3.63, 3.8) is 0 Å². The average molecular weight is 679 g/mol. The number of benzene rings is 2. The first-order valence-corrected chi connectivity index (χ1v) is 15.5. The van der Waals surface area contributed by atoms with Crippen LogP contribution in [-0.2, 0) is 45.6 Å². The lowest BCUT2D eigenvalue weighted by Gasteiger charge is -2.33. The van der Waals surface area contributed by atoms with Gasteiger partial charge in [-0.15, -0.1) is 0 Å². The van der Waals surface area contributed by atoms with Crippen LogP contribution in [0.5, 0.6) is 5.75 Å². The van der Waals surface area contributed by atoms with Crippen LogP contribution in [-0.4, -0.2) is 80.8 Å². The van der Waals surface area contributed by atoms with Crippen molar-refractivity contribution in [2.75, 3.05) is 5.32 Å². The lowest BCUT2D eigenvalue weighted by atomic mass is 9.83. The Hall–Kier alpha value is -5.61. The summed E-state index contributed by atoms with van der Waals surface area (Å²) in [6.45, 7) is 4.79. The largest absolute Gasteiger partial charge is 0.507 e. The standard InChI is InChI=1S/C33H38N6O10/c1-4-11-35-30(46)25-27(43)33(49)19-8-6-7-17(24(19)39-32(33)48)18-12-16(9-10-22(18)40)13-20(37-31(47)26(42)15(3)5-2)28(44)36-21(14-23(34)41)29(45)38-25/h4,6-12,15,20-21,25,27,40,43,49H,5,13-14H2,1-3H3,(H2,34,41)(H,35,46)(H,36,44)(H,37,47)(H,38,45)(H,39,48)/b11-4-/t15-,20+,21+,25+,27+,33+/m1/s1. The number of rotatable bonds is 8. The Morgan fingerprint density at radius 2 is 1.80 bits per heavy atom. The number of para-hydroxylation sites is 1. The number of primary amides is 1. The van der Waals surface area contributed by atoms with Gasteiger partial charge in [-0.3, -0.25) is 33.6 Å². The summed E-state index contributed by atoms with van der Waals surface area (Å²) < 4.78 is 0. The Bertz CT molecular complexity index is 1740. The molecule has 0 saturated carbocycles. The van der Waals surface area contributed by atoms with Crippen molar-refractivity contribution in [2.45, 2.75) is 69.9 Å². The molecule has 16 nitrogen and oxygen atoms in total. The van der Waals surface area contributed by atoms with Crippen LogP contribution in [0.15, 0.2) is 48.7 Å². The minimum absolute atomic E-state index is 0.0270. The minimum atomic E-state index is -2.83. The molecule has 6 amide bonds. The maximum Gasteiger partial charge on any atom is 0.288 e. The maximum atomic E-state index is 13.7. The number of aliphatic hydroxyl groups is 2. The molecule has 16 heteroatoms. The highest BCUT2D eigenvalue weighted by atomic mass is 16.4. The fourth-order valence-corrected chi connectivity index (χ4v) is 5.58. The number of hydrogen-bond donors (Lipinski definition) is 9. The van der Waals surface area contributed by atoms with Crippen molar-refractivity contribution in [3.8, 4) is 16.9 Å². The van der Waals surface area contributed by atoms with E-state index in [4.69, 9.17) is 5.73 Å². The number of aliphatic hydroxyl groups excluding tert-OH is 1. The van der Waals surface area contributed by atoms with E-state index in [1.54, 1.807) is 13.8 Å². The second kappa shape index (κ2) is 14.7. The van der Waals surface area contributed by atoms with E-state index in [0.29, 0.717) is 12.0 Å². The highest BCUT2D eigenvalue weighted by molar-refractivity contribution is 6.37. The zero-order valence-electron chi connectivity index (χ0n) is 26.9. The summed E-state index contributed by atoms with van der Waals surface area (Å²) in [5, 5.41) is 46.0. The highest BCUT2D eigenvalue weighted by Gasteiger charge is 2.56. The Morgan fingerprint density at radius 1 is 1.08 bits per heavy atom. The number of phenolic OH excluding ortho intramolecular Hbond substituents is 1. The molecule has 0 saturated heterocycles. The summed E-state index contributed by atoms with van der Waals surface area (Å²) >= 11 is 0. The summed E-state index contributed by atoms with van der Waals surface area (Å²) in [5.74, 6) is -8.38. The Balaban J connectivity index is 1.93. The van der Waals surface area contributed by atoms with Gasteiger partial charge in [-0.1, -0.05) is 44.2 Å². The van der Waals surface area contributed by atoms with E-state index in [-0.39, 0.29) is 34.5 Å². The number of fused-ring (bicyclic) bond motifs is 3. The van der Waals surface area contributed by atoms with Gasteiger partial charge in [-0.05, 0) is 37.2 Å². The van der Waals surface area contributed by atoms with E-state index in [1.807, 2.05) is 0 Å². The topological polar surface area (TPSA) is 266 Å². The van der Waals surface area contributed by atoms with Crippen LogP contribution in [0.4, 0.5) is 5.69 Å². The number of nitrogens with one attached hydrogen (secondary N) is 5. The number of carbonyl (C=O) groups excluding carboxylic acids is 7. The predicted octanol–water partition coefficient (Wildman–Crippen LogP) is -1.29. The average Bonchev–Trinajstić information content (AvgIpc) is 3.34. The van der Waals surface area contributed by atoms with Crippen LogP contribution in [0.2, 0.25) is 0 Å². The predicted molar refractivity (Wildman–Crippen MR) is 173 cm³/mol. The van der Waals surface area contributed by atoms with Crippen molar-refractivity contribution in [3.05, 3.63) is 59.8 Å². The van der Waals surface area contributed by atoms with Gasteiger partial charge in [-0.25, -0.2) is 0 Å². The molecule has 0 aromatic heterocycles. The van der Waals surface area contributed by atoms with Gasteiger partial charge in [0.15, 0.2) is 5.60 Å². The van der Waals surface area contributed by atoms with Gasteiger partial charge in [-0.2, -0.15) is 0 Å². The fraction of sp³-hybridized carbons (Fsp3) is 0.364. The summed E-state index contributed by atoms with van der Waals surface area (Å²) in [6, 6.07) is 3.02. The van der Waals surface area contributed by atoms with Crippen LogP contribution in [0.25, 0.3) is 11.1 Å². The zero-order valence-corrected chi connectivity index (χ0v) is 26.9. The number of ketones is 1. The molecule has 0 unspecified atom stereocenters. The molecule has 0 spiro atoms. The second-order valence-electron chi connectivity index (χ2n) is 11.9. The third-order valence-electron chi connectivity index (χ3n) is 8.51. The maximum absolute atomic E-state index is 13.7. The van der Waals surface area contributed by atoms with Crippen LogP contribution in [0.1, 0.15) is 44.7 Å². The third-order valence-corrected chi connectivity index (χ3v) is 8.51. The molecular weight excluding hydrogens is 640 g/mol. The van der Waals surface area contributed by atoms with Crippen molar-refractivity contribution < 1.29 is 48.9 Å². The van der Waals surface area contributed by atoms with Crippen molar-refractivity contribution in [1.29, 1.82) is 0 Å². The lowest BCUT2D eigenvalue weighted by molar-refractivity contribution is -0.155. The fourth-order valence-electron chi connectivity index (χ4n) is 5.58. The molecule has 0 fully saturated rings.